The molecule has 3 rings (SSSR count). The molecule has 0 saturated heterocycles. The predicted octanol–water partition coefficient (Wildman–Crippen LogP) is 4.75. The van der Waals surface area contributed by atoms with Gasteiger partial charge < -0.3 is 25.8 Å². The van der Waals surface area contributed by atoms with Crippen LogP contribution in [0.1, 0.15) is 21.8 Å². The first-order valence-electron chi connectivity index (χ1n) is 10.1. The highest BCUT2D eigenvalue weighted by molar-refractivity contribution is 6.05. The number of amides is 2. The van der Waals surface area contributed by atoms with Crippen molar-refractivity contribution >= 4 is 29.9 Å². The van der Waals surface area contributed by atoms with E-state index in [1.54, 1.807) is 0 Å². The second-order valence-electron chi connectivity index (χ2n) is 7.70. The molecule has 0 bridgehead atoms. The summed E-state index contributed by atoms with van der Waals surface area (Å²) in [7, 11) is 0. The van der Waals surface area contributed by atoms with Gasteiger partial charge in [0.15, 0.2) is 11.6 Å². The highest BCUT2D eigenvalue weighted by Gasteiger charge is 2.49. The van der Waals surface area contributed by atoms with Gasteiger partial charge in [-0.1, -0.05) is 18.2 Å². The fourth-order valence-corrected chi connectivity index (χ4v) is 3.96. The third-order valence-corrected chi connectivity index (χ3v) is 5.32. The van der Waals surface area contributed by atoms with Crippen LogP contribution in [0.2, 0.25) is 0 Å². The van der Waals surface area contributed by atoms with Crippen molar-refractivity contribution in [1.29, 1.82) is 10.8 Å². The van der Waals surface area contributed by atoms with E-state index in [2.05, 4.69) is 10.1 Å². The summed E-state index contributed by atoms with van der Waals surface area (Å²) >= 11 is 0. The summed E-state index contributed by atoms with van der Waals surface area (Å²) in [5.41, 5.74) is -0.615. The number of fused-ring (bicyclic) bond motifs is 1. The van der Waals surface area contributed by atoms with E-state index in [1.165, 1.54) is 24.3 Å². The molecule has 1 heterocycles. The Morgan fingerprint density at radius 1 is 1.08 bits per heavy atom. The Labute approximate surface area is 198 Å². The van der Waals surface area contributed by atoms with E-state index in [0.717, 1.165) is 6.07 Å². The molecule has 1 aliphatic rings. The number of benzene rings is 2. The van der Waals surface area contributed by atoms with E-state index in [9.17, 15) is 40.3 Å². The Kier molecular flexibility index (Phi) is 7.36. The number of carbonyl (C=O) groups excluding carboxylic acids is 2. The molecule has 3 N–H and O–H groups in total. The number of hydrogen-bond donors (Lipinski definition) is 3. The van der Waals surface area contributed by atoms with E-state index < -0.39 is 60.3 Å². The lowest BCUT2D eigenvalue weighted by molar-refractivity contribution is -0.275. The number of hydrogen-bond acceptors (Lipinski definition) is 5. The molecule has 192 valence electrons. The van der Waals surface area contributed by atoms with E-state index >= 15 is 0 Å². The standard InChI is InChI=1S/C22H17F7N4O3/c23-15-6-5-12(7-16(15)36-22(27,28)29)32-19(34)17-13-3-1-2-4-14(13)20(35)33(10-21(24,25)26)18(17)11(8-30)9-31/h1-9,11,17-18,30-31H,10H2,(H,32,34)/t11?,17-,18+/m1/s1. The normalized spacial score (nSPS) is 18.8. The fraction of sp³-hybridized carbons (Fsp3) is 0.273. The zero-order valence-electron chi connectivity index (χ0n) is 18.0. The van der Waals surface area contributed by atoms with Gasteiger partial charge in [0.05, 0.1) is 12.0 Å². The molecular formula is C22H17F7N4O3. The molecule has 0 radical (unpaired) electrons. The predicted molar refractivity (Wildman–Crippen MR) is 113 cm³/mol. The van der Waals surface area contributed by atoms with E-state index in [1.807, 2.05) is 0 Å². The van der Waals surface area contributed by atoms with Crippen LogP contribution in [-0.2, 0) is 4.79 Å². The second-order valence-corrected chi connectivity index (χ2v) is 7.70. The summed E-state index contributed by atoms with van der Waals surface area (Å²) in [5.74, 6) is -7.78. The molecule has 0 aliphatic carbocycles. The first kappa shape index (κ1) is 26.6. The highest BCUT2D eigenvalue weighted by atomic mass is 19.4. The molecule has 2 amide bonds. The van der Waals surface area contributed by atoms with Crippen molar-refractivity contribution in [3.8, 4) is 5.75 Å². The lowest BCUT2D eigenvalue weighted by atomic mass is 9.77. The van der Waals surface area contributed by atoms with Crippen LogP contribution in [-0.4, -0.2) is 54.3 Å². The molecule has 0 unspecified atom stereocenters. The third-order valence-electron chi connectivity index (χ3n) is 5.32. The van der Waals surface area contributed by atoms with Gasteiger partial charge in [-0.15, -0.1) is 13.2 Å². The summed E-state index contributed by atoms with van der Waals surface area (Å²) in [4.78, 5) is 26.6. The molecule has 2 aromatic carbocycles. The van der Waals surface area contributed by atoms with Gasteiger partial charge in [-0.05, 0) is 23.8 Å². The second kappa shape index (κ2) is 9.95. The Morgan fingerprint density at radius 2 is 1.72 bits per heavy atom. The van der Waals surface area contributed by atoms with Crippen molar-refractivity contribution in [1.82, 2.24) is 4.90 Å². The lowest BCUT2D eigenvalue weighted by Gasteiger charge is -2.43. The van der Waals surface area contributed by atoms with Crippen LogP contribution in [0.4, 0.5) is 36.4 Å². The van der Waals surface area contributed by atoms with Crippen LogP contribution < -0.4 is 10.1 Å². The molecule has 7 nitrogen and oxygen atoms in total. The monoisotopic (exact) mass is 518 g/mol. The van der Waals surface area contributed by atoms with Crippen molar-refractivity contribution in [2.45, 2.75) is 24.5 Å². The van der Waals surface area contributed by atoms with Gasteiger partial charge in [-0.25, -0.2) is 4.39 Å². The smallest absolute Gasteiger partial charge is 0.403 e. The Bertz CT molecular complexity index is 1170. The molecule has 0 fully saturated rings. The maximum atomic E-state index is 13.8. The number of anilines is 1. The van der Waals surface area contributed by atoms with E-state index in [4.69, 9.17) is 10.8 Å². The quantitative estimate of drug-likeness (QED) is 0.364. The maximum Gasteiger partial charge on any atom is 0.573 e. The van der Waals surface area contributed by atoms with Crippen LogP contribution in [0.3, 0.4) is 0 Å². The van der Waals surface area contributed by atoms with Crippen LogP contribution >= 0.6 is 0 Å². The minimum absolute atomic E-state index is 0.00833. The molecule has 2 aromatic rings. The number of alkyl halides is 6. The van der Waals surface area contributed by atoms with Crippen LogP contribution in [0, 0.1) is 22.6 Å². The van der Waals surface area contributed by atoms with Gasteiger partial charge in [0.2, 0.25) is 5.91 Å². The van der Waals surface area contributed by atoms with Crippen LogP contribution in [0.15, 0.2) is 42.5 Å². The summed E-state index contributed by atoms with van der Waals surface area (Å²) in [6.07, 6.45) is -8.92. The Hall–Kier alpha value is -3.97. The van der Waals surface area contributed by atoms with Gasteiger partial charge in [-0.2, -0.15) is 13.2 Å². The molecule has 14 heteroatoms. The SMILES string of the molecule is N=CC(C=N)[C@H]1[C@H](C(=O)Nc2ccc(F)c(OC(F)(F)F)c2)c2ccccc2C(=O)N1CC(F)(F)F. The average molecular weight is 518 g/mol. The number of nitrogens with zero attached hydrogens (tertiary/aromatic N) is 1. The number of carbonyl (C=O) groups is 2. The summed E-state index contributed by atoms with van der Waals surface area (Å²) in [5, 5.41) is 17.3. The highest BCUT2D eigenvalue weighted by Crippen LogP contribution is 2.39. The molecule has 0 spiro atoms. The van der Waals surface area contributed by atoms with Crippen molar-refractivity contribution in [2.24, 2.45) is 5.92 Å². The zero-order valence-corrected chi connectivity index (χ0v) is 18.0. The van der Waals surface area contributed by atoms with Gasteiger partial charge in [0, 0.05) is 35.7 Å². The number of rotatable bonds is 7. The molecule has 1 aliphatic heterocycles. The van der Waals surface area contributed by atoms with Crippen molar-refractivity contribution in [3.05, 3.63) is 59.4 Å². The van der Waals surface area contributed by atoms with Gasteiger partial charge >= 0.3 is 12.5 Å². The third kappa shape index (κ3) is 5.80. The molecular weight excluding hydrogens is 501 g/mol. The lowest BCUT2D eigenvalue weighted by Crippen LogP contribution is -2.57. The maximum absolute atomic E-state index is 13.8. The minimum atomic E-state index is -5.24. The molecule has 0 aromatic heterocycles. The van der Waals surface area contributed by atoms with Crippen LogP contribution in [0.25, 0.3) is 0 Å². The summed E-state index contributed by atoms with van der Waals surface area (Å²) in [6, 6.07) is 5.65. The topological polar surface area (TPSA) is 106 Å². The van der Waals surface area contributed by atoms with Gasteiger partial charge in [0.25, 0.3) is 5.91 Å². The Morgan fingerprint density at radius 3 is 2.31 bits per heavy atom. The molecule has 0 saturated carbocycles. The zero-order chi connectivity index (χ0) is 26.8. The van der Waals surface area contributed by atoms with Crippen molar-refractivity contribution in [2.75, 3.05) is 11.9 Å². The molecule has 36 heavy (non-hydrogen) atoms. The number of nitrogens with one attached hydrogen (secondary N) is 3. The van der Waals surface area contributed by atoms with Gasteiger partial charge in [0.1, 0.15) is 6.54 Å². The summed E-state index contributed by atoms with van der Waals surface area (Å²) < 4.78 is 95.1. The van der Waals surface area contributed by atoms with Crippen molar-refractivity contribution in [3.63, 3.8) is 0 Å². The number of halogens is 7. The fourth-order valence-electron chi connectivity index (χ4n) is 3.96. The van der Waals surface area contributed by atoms with E-state index in [-0.39, 0.29) is 16.8 Å². The minimum Gasteiger partial charge on any atom is -0.403 e. The Balaban J connectivity index is 2.09. The van der Waals surface area contributed by atoms with Gasteiger partial charge in [-0.3, -0.25) is 9.59 Å². The number of ether oxygens (including phenoxy) is 1. The average Bonchev–Trinajstić information content (AvgIpc) is 2.77. The largest absolute Gasteiger partial charge is 0.573 e. The van der Waals surface area contributed by atoms with Crippen molar-refractivity contribution < 1.29 is 45.1 Å². The first-order chi connectivity index (χ1) is 16.8. The summed E-state index contributed by atoms with van der Waals surface area (Å²) in [6.45, 7) is -1.78. The first-order valence-corrected chi connectivity index (χ1v) is 10.1. The van der Waals surface area contributed by atoms with Crippen LogP contribution in [0.5, 0.6) is 5.75 Å². The molecule has 2 atom stereocenters. The van der Waals surface area contributed by atoms with E-state index in [0.29, 0.717) is 29.5 Å².